The maximum atomic E-state index is 6.51. The molecule has 4 fully saturated rings. The number of hydrogen-bond donors (Lipinski definition) is 1. The molecule has 132 valence electrons. The van der Waals surface area contributed by atoms with E-state index in [-0.39, 0.29) is 24.8 Å². The highest BCUT2D eigenvalue weighted by Crippen LogP contribution is 2.65. The highest BCUT2D eigenvalue weighted by atomic mass is 16.7. The summed E-state index contributed by atoms with van der Waals surface area (Å²) >= 11 is 0. The zero-order valence-electron chi connectivity index (χ0n) is 15.2. The molecule has 0 spiro atoms. The lowest BCUT2D eigenvalue weighted by molar-refractivity contribution is -0.199. The van der Waals surface area contributed by atoms with E-state index in [1.807, 2.05) is 24.5 Å². The van der Waals surface area contributed by atoms with Crippen molar-refractivity contribution >= 4 is 18.1 Å². The van der Waals surface area contributed by atoms with E-state index in [0.29, 0.717) is 17.8 Å². The van der Waals surface area contributed by atoms with Crippen molar-refractivity contribution in [3.8, 4) is 0 Å². The van der Waals surface area contributed by atoms with Gasteiger partial charge in [-0.3, -0.25) is 0 Å². The number of para-hydroxylation sites is 1. The van der Waals surface area contributed by atoms with Crippen molar-refractivity contribution in [2.24, 2.45) is 23.0 Å². The van der Waals surface area contributed by atoms with Crippen LogP contribution >= 0.6 is 0 Å². The first-order valence-corrected chi connectivity index (χ1v) is 9.43. The van der Waals surface area contributed by atoms with Gasteiger partial charge in [-0.05, 0) is 55.1 Å². The van der Waals surface area contributed by atoms with Gasteiger partial charge in [-0.15, -0.1) is 0 Å². The van der Waals surface area contributed by atoms with Crippen LogP contribution in [0.1, 0.15) is 39.2 Å². The van der Waals surface area contributed by atoms with Gasteiger partial charge >= 0.3 is 7.12 Å². The van der Waals surface area contributed by atoms with Crippen molar-refractivity contribution in [1.82, 2.24) is 0 Å². The van der Waals surface area contributed by atoms with Gasteiger partial charge in [0, 0.05) is 11.3 Å². The Labute approximate surface area is 149 Å². The molecule has 1 aliphatic heterocycles. The van der Waals surface area contributed by atoms with Gasteiger partial charge in [-0.25, -0.2) is 0 Å². The van der Waals surface area contributed by atoms with Crippen molar-refractivity contribution in [2.45, 2.75) is 57.7 Å². The fourth-order valence-corrected chi connectivity index (χ4v) is 5.62. The molecule has 2 bridgehead atoms. The van der Waals surface area contributed by atoms with Crippen molar-refractivity contribution in [3.63, 3.8) is 0 Å². The molecule has 0 radical (unpaired) electrons. The van der Waals surface area contributed by atoms with Gasteiger partial charge in [0.15, 0.2) is 0 Å². The molecule has 5 heteroatoms. The first kappa shape index (κ1) is 15.9. The van der Waals surface area contributed by atoms with Crippen LogP contribution in [-0.4, -0.2) is 24.8 Å². The monoisotopic (exact) mass is 339 g/mol. The fourth-order valence-electron chi connectivity index (χ4n) is 5.62. The van der Waals surface area contributed by atoms with Gasteiger partial charge < -0.3 is 19.5 Å². The van der Waals surface area contributed by atoms with E-state index in [9.17, 15) is 0 Å². The third kappa shape index (κ3) is 2.12. The molecule has 1 saturated heterocycles. The average Bonchev–Trinajstić information content (AvgIpc) is 3.15. The number of hydrogen-bond acceptors (Lipinski definition) is 4. The smallest absolute Gasteiger partial charge is 0.464 e. The number of benzene rings is 1. The Morgan fingerprint density at radius 2 is 2.04 bits per heavy atom. The molecule has 4 nitrogen and oxygen atoms in total. The minimum absolute atomic E-state index is 0.182. The first-order chi connectivity index (χ1) is 11.9. The predicted molar refractivity (Wildman–Crippen MR) is 98.0 cm³/mol. The molecule has 1 aromatic heterocycles. The summed E-state index contributed by atoms with van der Waals surface area (Å²) < 4.78 is 18.4. The molecule has 3 aliphatic carbocycles. The van der Waals surface area contributed by atoms with Gasteiger partial charge in [0.2, 0.25) is 0 Å². The summed E-state index contributed by atoms with van der Waals surface area (Å²) in [5, 5.41) is 1.13. The lowest BCUT2D eigenvalue weighted by Gasteiger charge is -2.64. The van der Waals surface area contributed by atoms with Crippen LogP contribution in [0.2, 0.25) is 0 Å². The van der Waals surface area contributed by atoms with Crippen molar-refractivity contribution in [3.05, 3.63) is 36.1 Å². The second kappa shape index (κ2) is 5.12. The summed E-state index contributed by atoms with van der Waals surface area (Å²) in [6, 6.07) is 8.08. The van der Waals surface area contributed by atoms with E-state index >= 15 is 0 Å². The van der Waals surface area contributed by atoms with Crippen molar-refractivity contribution in [1.29, 1.82) is 0 Å². The van der Waals surface area contributed by atoms with Crippen LogP contribution in [0.3, 0.4) is 0 Å². The molecule has 2 N–H and O–H groups in total. The Kier molecular flexibility index (Phi) is 3.26. The third-order valence-corrected chi connectivity index (χ3v) is 7.34. The number of fused-ring (bicyclic) bond motifs is 1. The highest BCUT2D eigenvalue weighted by molar-refractivity contribution is 6.47. The number of furan rings is 1. The van der Waals surface area contributed by atoms with E-state index < -0.39 is 0 Å². The normalized spacial score (nSPS) is 37.0. The zero-order chi connectivity index (χ0) is 17.4. The molecule has 0 amide bonds. The predicted octanol–water partition coefficient (Wildman–Crippen LogP) is 3.57. The van der Waals surface area contributed by atoms with Gasteiger partial charge in [-0.1, -0.05) is 32.0 Å². The second-order valence-corrected chi connectivity index (χ2v) is 8.96. The van der Waals surface area contributed by atoms with E-state index in [0.717, 1.165) is 28.9 Å². The number of nitrogens with two attached hydrogens (primary N) is 1. The Bertz CT molecular complexity index is 818. The molecule has 1 unspecified atom stereocenters. The molecule has 5 atom stereocenters. The topological polar surface area (TPSA) is 57.6 Å². The molecule has 1 aromatic carbocycles. The van der Waals surface area contributed by atoms with E-state index in [1.54, 1.807) is 0 Å². The Balaban J connectivity index is 1.35. The molecular formula is C20H26BNO3. The van der Waals surface area contributed by atoms with Crippen molar-refractivity contribution < 1.29 is 13.7 Å². The summed E-state index contributed by atoms with van der Waals surface area (Å²) in [4.78, 5) is 0. The Hall–Kier alpha value is -1.30. The molecule has 25 heavy (non-hydrogen) atoms. The van der Waals surface area contributed by atoms with Gasteiger partial charge in [0.05, 0.1) is 18.0 Å². The van der Waals surface area contributed by atoms with E-state index in [1.165, 1.54) is 6.42 Å². The van der Waals surface area contributed by atoms with Crippen LogP contribution in [-0.2, 0) is 15.7 Å². The SMILES string of the molecule is CC1(C)[C@@H]2C[C@H]3OB(C(N)Cc4coc5ccccc45)O[C@@]3(C)[C@H]1C2. The largest absolute Gasteiger partial charge is 0.475 e. The van der Waals surface area contributed by atoms with E-state index in [4.69, 9.17) is 19.5 Å². The standard InChI is InChI=1S/C20H26BNO3/c1-19(2)13-9-16(19)20(3)17(10-13)24-21(25-20)18(22)8-12-11-23-15-7-5-4-6-14(12)15/h4-7,11,13,16-18H,8-10,22H2,1-3H3/t13-,16-,17+,18?,20-/m0/s1. The number of rotatable bonds is 3. The van der Waals surface area contributed by atoms with Crippen LogP contribution in [0.5, 0.6) is 0 Å². The molecule has 4 aliphatic rings. The first-order valence-electron chi connectivity index (χ1n) is 9.43. The molecule has 3 saturated carbocycles. The van der Waals surface area contributed by atoms with Gasteiger partial charge in [-0.2, -0.15) is 0 Å². The lowest BCUT2D eigenvalue weighted by atomic mass is 9.43. The van der Waals surface area contributed by atoms with Crippen LogP contribution in [0, 0.1) is 17.3 Å². The summed E-state index contributed by atoms with van der Waals surface area (Å²) in [7, 11) is -0.334. The molecule has 2 heterocycles. The maximum Gasteiger partial charge on any atom is 0.475 e. The quantitative estimate of drug-likeness (QED) is 0.869. The molecule has 6 rings (SSSR count). The Morgan fingerprint density at radius 3 is 2.84 bits per heavy atom. The van der Waals surface area contributed by atoms with Crippen LogP contribution in [0.15, 0.2) is 34.9 Å². The summed E-state index contributed by atoms with van der Waals surface area (Å²) in [6.45, 7) is 6.99. The van der Waals surface area contributed by atoms with Crippen LogP contribution < -0.4 is 5.73 Å². The van der Waals surface area contributed by atoms with Gasteiger partial charge in [0.1, 0.15) is 5.58 Å². The summed E-state index contributed by atoms with van der Waals surface area (Å²) in [5.74, 6) is 1.13. The minimum atomic E-state index is -0.334. The van der Waals surface area contributed by atoms with Crippen LogP contribution in [0.25, 0.3) is 11.0 Å². The summed E-state index contributed by atoms with van der Waals surface area (Å²) in [5.41, 5.74) is 8.70. The maximum absolute atomic E-state index is 6.51. The average molecular weight is 339 g/mol. The van der Waals surface area contributed by atoms with E-state index in [2.05, 4.69) is 26.8 Å². The fraction of sp³-hybridized carbons (Fsp3) is 0.600. The second-order valence-electron chi connectivity index (χ2n) is 8.96. The third-order valence-electron chi connectivity index (χ3n) is 7.34. The lowest BCUT2D eigenvalue weighted by Crippen LogP contribution is -2.65. The minimum Gasteiger partial charge on any atom is -0.464 e. The summed E-state index contributed by atoms with van der Waals surface area (Å²) in [6.07, 6.45) is 5.05. The Morgan fingerprint density at radius 1 is 1.24 bits per heavy atom. The zero-order valence-corrected chi connectivity index (χ0v) is 15.2. The highest BCUT2D eigenvalue weighted by Gasteiger charge is 2.68. The van der Waals surface area contributed by atoms with Crippen molar-refractivity contribution in [2.75, 3.05) is 0 Å². The molecular weight excluding hydrogens is 313 g/mol. The van der Waals surface area contributed by atoms with Gasteiger partial charge in [0.25, 0.3) is 0 Å². The van der Waals surface area contributed by atoms with Crippen LogP contribution in [0.4, 0.5) is 0 Å². The molecule has 2 aromatic rings.